The van der Waals surface area contributed by atoms with E-state index in [2.05, 4.69) is 15.2 Å². The first-order valence-corrected chi connectivity index (χ1v) is 7.24. The summed E-state index contributed by atoms with van der Waals surface area (Å²) in [4.78, 5) is 4.35. The fourth-order valence-corrected chi connectivity index (χ4v) is 2.48. The molecule has 21 heavy (non-hydrogen) atoms. The van der Waals surface area contributed by atoms with E-state index in [4.69, 9.17) is 4.74 Å². The number of methoxy groups -OCH3 is 1. The maximum absolute atomic E-state index is 5.14. The molecule has 0 aliphatic heterocycles. The van der Waals surface area contributed by atoms with Crippen LogP contribution in [0.25, 0.3) is 10.6 Å². The van der Waals surface area contributed by atoms with Crippen LogP contribution in [0.15, 0.2) is 59.6 Å². The Kier molecular flexibility index (Phi) is 4.02. The van der Waals surface area contributed by atoms with Gasteiger partial charge in [-0.1, -0.05) is 41.7 Å². The number of hydrogen-bond acceptors (Lipinski definition) is 5. The third kappa shape index (κ3) is 3.32. The highest BCUT2D eigenvalue weighted by molar-refractivity contribution is 7.18. The lowest BCUT2D eigenvalue weighted by Gasteiger charge is -1.99. The Morgan fingerprint density at radius 3 is 2.48 bits per heavy atom. The lowest BCUT2D eigenvalue weighted by molar-refractivity contribution is 0.415. The Bertz CT molecular complexity index is 736. The maximum Gasteiger partial charge on any atom is 0.231 e. The molecule has 2 aromatic carbocycles. The highest BCUT2D eigenvalue weighted by Crippen LogP contribution is 2.29. The molecule has 0 spiro atoms. The number of aromatic nitrogens is 2. The molecule has 0 fully saturated rings. The van der Waals surface area contributed by atoms with Gasteiger partial charge in [-0.15, -0.1) is 10.2 Å². The Labute approximate surface area is 126 Å². The molecule has 0 aliphatic rings. The molecule has 4 nitrogen and oxygen atoms in total. The molecule has 0 atom stereocenters. The van der Waals surface area contributed by atoms with Gasteiger partial charge in [-0.2, -0.15) is 0 Å². The van der Waals surface area contributed by atoms with Crippen LogP contribution in [0.4, 0.5) is 5.13 Å². The molecule has 0 bridgehead atoms. The van der Waals surface area contributed by atoms with Gasteiger partial charge in [0.2, 0.25) is 5.13 Å². The third-order valence-electron chi connectivity index (χ3n) is 2.87. The molecule has 0 saturated carbocycles. The predicted molar refractivity (Wildman–Crippen MR) is 85.6 cm³/mol. The number of hydrogen-bond donors (Lipinski definition) is 0. The third-order valence-corrected chi connectivity index (χ3v) is 3.76. The molecule has 1 heterocycles. The maximum atomic E-state index is 5.14. The summed E-state index contributed by atoms with van der Waals surface area (Å²) in [5.74, 6) is 0.825. The SMILES string of the molecule is COc1ccc(-c2nnc(/N=C/c3ccccc3)s2)cc1. The summed E-state index contributed by atoms with van der Waals surface area (Å²) < 4.78 is 5.14. The van der Waals surface area contributed by atoms with Crippen LogP contribution >= 0.6 is 11.3 Å². The van der Waals surface area contributed by atoms with Crippen molar-refractivity contribution in [1.29, 1.82) is 0 Å². The Morgan fingerprint density at radius 1 is 1.00 bits per heavy atom. The highest BCUT2D eigenvalue weighted by atomic mass is 32.1. The van der Waals surface area contributed by atoms with Crippen molar-refractivity contribution in [2.24, 2.45) is 4.99 Å². The van der Waals surface area contributed by atoms with Gasteiger partial charge >= 0.3 is 0 Å². The van der Waals surface area contributed by atoms with Crippen LogP contribution in [0.3, 0.4) is 0 Å². The minimum absolute atomic E-state index is 0.643. The topological polar surface area (TPSA) is 47.4 Å². The van der Waals surface area contributed by atoms with Crippen LogP contribution in [0.1, 0.15) is 5.56 Å². The van der Waals surface area contributed by atoms with Crippen LogP contribution < -0.4 is 4.74 Å². The fourth-order valence-electron chi connectivity index (χ4n) is 1.79. The van der Waals surface area contributed by atoms with Gasteiger partial charge in [-0.3, -0.25) is 0 Å². The van der Waals surface area contributed by atoms with E-state index in [1.807, 2.05) is 54.6 Å². The van der Waals surface area contributed by atoms with Gasteiger partial charge in [0.1, 0.15) is 10.8 Å². The van der Waals surface area contributed by atoms with Crippen LogP contribution in [-0.4, -0.2) is 23.5 Å². The molecule has 0 aliphatic carbocycles. The van der Waals surface area contributed by atoms with E-state index in [0.717, 1.165) is 21.9 Å². The lowest BCUT2D eigenvalue weighted by Crippen LogP contribution is -1.82. The summed E-state index contributed by atoms with van der Waals surface area (Å²) in [7, 11) is 1.65. The lowest BCUT2D eigenvalue weighted by atomic mass is 10.2. The summed E-state index contributed by atoms with van der Waals surface area (Å²) >= 11 is 1.46. The summed E-state index contributed by atoms with van der Waals surface area (Å²) in [6.45, 7) is 0. The average Bonchev–Trinajstić information content (AvgIpc) is 3.03. The first-order valence-electron chi connectivity index (χ1n) is 6.42. The van der Waals surface area contributed by atoms with Crippen LogP contribution in [0.5, 0.6) is 5.75 Å². The highest BCUT2D eigenvalue weighted by Gasteiger charge is 2.05. The second kappa shape index (κ2) is 6.28. The first kappa shape index (κ1) is 13.5. The van der Waals surface area contributed by atoms with E-state index in [0.29, 0.717) is 5.13 Å². The van der Waals surface area contributed by atoms with E-state index < -0.39 is 0 Å². The summed E-state index contributed by atoms with van der Waals surface area (Å²) in [6, 6.07) is 17.7. The Balaban J connectivity index is 1.78. The molecule has 0 radical (unpaired) electrons. The van der Waals surface area contributed by atoms with Crippen molar-refractivity contribution in [1.82, 2.24) is 10.2 Å². The van der Waals surface area contributed by atoms with Gasteiger partial charge in [0.25, 0.3) is 0 Å². The first-order chi connectivity index (χ1) is 10.3. The van der Waals surface area contributed by atoms with Crippen LogP contribution in [0, 0.1) is 0 Å². The molecule has 5 heteroatoms. The van der Waals surface area contributed by atoms with Gasteiger partial charge in [0.05, 0.1) is 7.11 Å². The standard InChI is InChI=1S/C16H13N3OS/c1-20-14-9-7-13(8-10-14)15-18-19-16(21-15)17-11-12-5-3-2-4-6-12/h2-11H,1H3/b17-11+. The minimum Gasteiger partial charge on any atom is -0.497 e. The molecule has 3 aromatic rings. The zero-order chi connectivity index (χ0) is 14.5. The number of rotatable bonds is 4. The minimum atomic E-state index is 0.643. The summed E-state index contributed by atoms with van der Waals surface area (Å²) in [5.41, 5.74) is 2.05. The van der Waals surface area contributed by atoms with Crippen molar-refractivity contribution in [2.75, 3.05) is 7.11 Å². The van der Waals surface area contributed by atoms with Crippen LogP contribution in [-0.2, 0) is 0 Å². The number of benzene rings is 2. The number of ether oxygens (including phenoxy) is 1. The molecule has 0 saturated heterocycles. The van der Waals surface area contributed by atoms with Gasteiger partial charge < -0.3 is 4.74 Å². The zero-order valence-corrected chi connectivity index (χ0v) is 12.2. The van der Waals surface area contributed by atoms with Gasteiger partial charge in [-0.05, 0) is 29.8 Å². The van der Waals surface area contributed by atoms with Crippen molar-refractivity contribution < 1.29 is 4.74 Å². The molecular formula is C16H13N3OS. The van der Waals surface area contributed by atoms with Gasteiger partial charge in [0.15, 0.2) is 0 Å². The van der Waals surface area contributed by atoms with Gasteiger partial charge in [0, 0.05) is 11.8 Å². The van der Waals surface area contributed by atoms with Crippen molar-refractivity contribution >= 4 is 22.7 Å². The quantitative estimate of drug-likeness (QED) is 0.684. The molecule has 0 N–H and O–H groups in total. The predicted octanol–water partition coefficient (Wildman–Crippen LogP) is 3.96. The molecular weight excluding hydrogens is 282 g/mol. The molecule has 3 rings (SSSR count). The van der Waals surface area contributed by atoms with Crippen LogP contribution in [0.2, 0.25) is 0 Å². The number of aliphatic imine (C=N–C) groups is 1. The normalized spacial score (nSPS) is 10.9. The largest absolute Gasteiger partial charge is 0.497 e. The molecule has 0 unspecified atom stereocenters. The molecule has 0 amide bonds. The monoisotopic (exact) mass is 295 g/mol. The smallest absolute Gasteiger partial charge is 0.231 e. The van der Waals surface area contributed by atoms with Crippen molar-refractivity contribution in [2.45, 2.75) is 0 Å². The Morgan fingerprint density at radius 2 is 1.76 bits per heavy atom. The Hall–Kier alpha value is -2.53. The summed E-state index contributed by atoms with van der Waals surface area (Å²) in [5, 5.41) is 9.75. The fraction of sp³-hybridized carbons (Fsp3) is 0.0625. The number of nitrogens with zero attached hydrogens (tertiary/aromatic N) is 3. The molecule has 104 valence electrons. The van der Waals surface area contributed by atoms with Crippen molar-refractivity contribution in [3.63, 3.8) is 0 Å². The molecule has 1 aromatic heterocycles. The zero-order valence-electron chi connectivity index (χ0n) is 11.4. The average molecular weight is 295 g/mol. The van der Waals surface area contributed by atoms with Crippen molar-refractivity contribution in [3.05, 3.63) is 60.2 Å². The summed E-state index contributed by atoms with van der Waals surface area (Å²) in [6.07, 6.45) is 1.79. The van der Waals surface area contributed by atoms with E-state index in [1.54, 1.807) is 13.3 Å². The van der Waals surface area contributed by atoms with E-state index in [9.17, 15) is 0 Å². The van der Waals surface area contributed by atoms with E-state index in [-0.39, 0.29) is 0 Å². The van der Waals surface area contributed by atoms with E-state index in [1.165, 1.54) is 11.3 Å². The van der Waals surface area contributed by atoms with Crippen molar-refractivity contribution in [3.8, 4) is 16.3 Å². The van der Waals surface area contributed by atoms with Gasteiger partial charge in [-0.25, -0.2) is 4.99 Å². The second-order valence-corrected chi connectivity index (χ2v) is 5.24. The van der Waals surface area contributed by atoms with E-state index >= 15 is 0 Å². The second-order valence-electron chi connectivity index (χ2n) is 4.29.